The molecule has 10 nitrogen and oxygen atoms in total. The molecule has 1 aromatic heterocycles. The number of nitrogens with one attached hydrogen (secondary N) is 2. The Balaban J connectivity index is 1.97. The maximum atomic E-state index is 11.5. The molecule has 0 aliphatic heterocycles. The average molecular weight is 373 g/mol. The highest BCUT2D eigenvalue weighted by molar-refractivity contribution is 6.00. The normalized spacial score (nSPS) is 10.7. The van der Waals surface area contributed by atoms with Gasteiger partial charge in [-0.1, -0.05) is 0 Å². The Bertz CT molecular complexity index is 925. The molecule has 0 unspecified atom stereocenters. The van der Waals surface area contributed by atoms with Crippen LogP contribution >= 0.6 is 0 Å². The molecule has 3 aromatic rings. The molecule has 3 rings (SSSR count). The molecule has 142 valence electrons. The number of nitro groups is 1. The third-order valence-corrected chi connectivity index (χ3v) is 3.79. The molecule has 10 heteroatoms. The van der Waals surface area contributed by atoms with Gasteiger partial charge in [-0.3, -0.25) is 10.1 Å². The van der Waals surface area contributed by atoms with Gasteiger partial charge in [0, 0.05) is 18.8 Å². The lowest BCUT2D eigenvalue weighted by atomic mass is 10.1. The monoisotopic (exact) mass is 373 g/mol. The fourth-order valence-corrected chi connectivity index (χ4v) is 2.60. The number of nitro benzene ring substituents is 1. The lowest BCUT2D eigenvalue weighted by Crippen LogP contribution is -2.07. The maximum Gasteiger partial charge on any atom is 0.323 e. The molecular formula is C17H19N5O5. The van der Waals surface area contributed by atoms with E-state index >= 15 is 0 Å². The SMILES string of the molecule is CCOc1ccc(Nc2cc(NCCCO)c([N+](=O)[O-])c3nonc23)cc1. The molecule has 0 saturated carbocycles. The summed E-state index contributed by atoms with van der Waals surface area (Å²) in [4.78, 5) is 11.0. The quantitative estimate of drug-likeness (QED) is 0.294. The summed E-state index contributed by atoms with van der Waals surface area (Å²) in [5.74, 6) is 0.742. The third kappa shape index (κ3) is 4.06. The van der Waals surface area contributed by atoms with Crippen molar-refractivity contribution < 1.29 is 19.4 Å². The summed E-state index contributed by atoms with van der Waals surface area (Å²) >= 11 is 0. The maximum absolute atomic E-state index is 11.5. The zero-order valence-corrected chi connectivity index (χ0v) is 14.6. The molecule has 1 heterocycles. The van der Waals surface area contributed by atoms with Gasteiger partial charge in [-0.15, -0.1) is 0 Å². The highest BCUT2D eigenvalue weighted by atomic mass is 16.6. The number of aromatic nitrogens is 2. The molecule has 0 aliphatic carbocycles. The minimum absolute atomic E-state index is 0.0220. The van der Waals surface area contributed by atoms with Gasteiger partial charge < -0.3 is 20.5 Å². The van der Waals surface area contributed by atoms with Crippen molar-refractivity contribution in [1.29, 1.82) is 0 Å². The highest BCUT2D eigenvalue weighted by Gasteiger charge is 2.25. The first-order chi connectivity index (χ1) is 13.1. The van der Waals surface area contributed by atoms with Crippen LogP contribution in [0, 0.1) is 10.1 Å². The minimum atomic E-state index is -0.533. The van der Waals surface area contributed by atoms with Crippen LogP contribution in [0.25, 0.3) is 11.0 Å². The summed E-state index contributed by atoms with van der Waals surface area (Å²) in [7, 11) is 0. The molecule has 0 amide bonds. The Morgan fingerprint density at radius 2 is 1.96 bits per heavy atom. The van der Waals surface area contributed by atoms with Gasteiger partial charge in [-0.25, -0.2) is 4.63 Å². The fourth-order valence-electron chi connectivity index (χ4n) is 2.60. The van der Waals surface area contributed by atoms with Crippen LogP contribution in [0.1, 0.15) is 13.3 Å². The van der Waals surface area contributed by atoms with Crippen LogP contribution in [0.15, 0.2) is 35.0 Å². The van der Waals surface area contributed by atoms with Crippen LogP contribution in [-0.4, -0.2) is 40.1 Å². The van der Waals surface area contributed by atoms with Crippen molar-refractivity contribution in [3.63, 3.8) is 0 Å². The first-order valence-corrected chi connectivity index (χ1v) is 8.42. The molecule has 2 aromatic carbocycles. The molecule has 3 N–H and O–H groups in total. The Morgan fingerprint density at radius 3 is 2.63 bits per heavy atom. The van der Waals surface area contributed by atoms with Crippen molar-refractivity contribution in [2.75, 3.05) is 30.4 Å². The molecule has 0 atom stereocenters. The zero-order valence-electron chi connectivity index (χ0n) is 14.6. The van der Waals surface area contributed by atoms with Crippen LogP contribution in [-0.2, 0) is 0 Å². The molecule has 27 heavy (non-hydrogen) atoms. The predicted octanol–water partition coefficient (Wildman–Crippen LogP) is 3.07. The van der Waals surface area contributed by atoms with E-state index in [0.29, 0.717) is 25.3 Å². The van der Waals surface area contributed by atoms with Crippen molar-refractivity contribution in [2.45, 2.75) is 13.3 Å². The van der Waals surface area contributed by atoms with E-state index in [9.17, 15) is 10.1 Å². The summed E-state index contributed by atoms with van der Waals surface area (Å²) in [6.07, 6.45) is 0.452. The number of nitrogens with zero attached hydrogens (tertiary/aromatic N) is 3. The van der Waals surface area contributed by atoms with E-state index in [1.165, 1.54) is 0 Å². The van der Waals surface area contributed by atoms with Crippen LogP contribution < -0.4 is 15.4 Å². The minimum Gasteiger partial charge on any atom is -0.494 e. The Morgan fingerprint density at radius 1 is 1.22 bits per heavy atom. The van der Waals surface area contributed by atoms with E-state index in [2.05, 4.69) is 20.9 Å². The Hall–Kier alpha value is -3.40. The van der Waals surface area contributed by atoms with Gasteiger partial charge in [-0.2, -0.15) is 0 Å². The second-order valence-corrected chi connectivity index (χ2v) is 5.63. The third-order valence-electron chi connectivity index (χ3n) is 3.79. The molecule has 0 fully saturated rings. The van der Waals surface area contributed by atoms with Gasteiger partial charge >= 0.3 is 5.69 Å². The molecule has 0 spiro atoms. The van der Waals surface area contributed by atoms with Crippen LogP contribution in [0.3, 0.4) is 0 Å². The Kier molecular flexibility index (Phi) is 5.67. The largest absolute Gasteiger partial charge is 0.494 e. The van der Waals surface area contributed by atoms with Gasteiger partial charge in [0.05, 0.1) is 17.2 Å². The molecule has 0 aliphatic rings. The molecule has 0 radical (unpaired) electrons. The van der Waals surface area contributed by atoms with Crippen molar-refractivity contribution in [2.24, 2.45) is 0 Å². The number of hydrogen-bond donors (Lipinski definition) is 3. The van der Waals surface area contributed by atoms with E-state index in [1.807, 2.05) is 31.2 Å². The second kappa shape index (κ2) is 8.32. The van der Waals surface area contributed by atoms with Gasteiger partial charge in [-0.05, 0) is 54.0 Å². The number of hydrogen-bond acceptors (Lipinski definition) is 9. The highest BCUT2D eigenvalue weighted by Crippen LogP contribution is 2.38. The summed E-state index contributed by atoms with van der Waals surface area (Å²) < 4.78 is 10.1. The van der Waals surface area contributed by atoms with Crippen molar-refractivity contribution in [1.82, 2.24) is 10.3 Å². The Labute approximate surface area is 154 Å². The second-order valence-electron chi connectivity index (χ2n) is 5.63. The number of rotatable bonds is 9. The number of benzene rings is 2. The van der Waals surface area contributed by atoms with E-state index in [0.717, 1.165) is 11.4 Å². The molecule has 0 saturated heterocycles. The first kappa shape index (κ1) is 18.4. The van der Waals surface area contributed by atoms with Crippen molar-refractivity contribution in [3.8, 4) is 5.75 Å². The summed E-state index contributed by atoms with van der Waals surface area (Å²) in [5.41, 5.74) is 1.60. The summed E-state index contributed by atoms with van der Waals surface area (Å²) in [6.45, 7) is 2.83. The zero-order chi connectivity index (χ0) is 19.2. The lowest BCUT2D eigenvalue weighted by molar-refractivity contribution is -0.382. The van der Waals surface area contributed by atoms with E-state index in [1.54, 1.807) is 6.07 Å². The smallest absolute Gasteiger partial charge is 0.323 e. The molecular weight excluding hydrogens is 354 g/mol. The van der Waals surface area contributed by atoms with Crippen molar-refractivity contribution >= 4 is 33.8 Å². The van der Waals surface area contributed by atoms with Crippen molar-refractivity contribution in [3.05, 3.63) is 40.4 Å². The van der Waals surface area contributed by atoms with Gasteiger partial charge in [0.1, 0.15) is 11.4 Å². The number of fused-ring (bicyclic) bond motifs is 1. The number of ether oxygens (including phenoxy) is 1. The lowest BCUT2D eigenvalue weighted by Gasteiger charge is -2.11. The standard InChI is InChI=1S/C17H19N5O5/c1-2-26-12-6-4-11(5-7-12)19-13-10-14(18-8-3-9-23)17(22(24)25)16-15(13)20-27-21-16/h4-7,10,18-19,23H,2-3,8-9H2,1H3. The predicted molar refractivity (Wildman–Crippen MR) is 99.5 cm³/mol. The average Bonchev–Trinajstić information content (AvgIpc) is 3.13. The first-order valence-electron chi connectivity index (χ1n) is 8.42. The number of aliphatic hydroxyl groups excluding tert-OH is 1. The topological polar surface area (TPSA) is 136 Å². The molecule has 0 bridgehead atoms. The van der Waals surface area contributed by atoms with Gasteiger partial charge in [0.15, 0.2) is 5.52 Å². The fraction of sp³-hybridized carbons (Fsp3) is 0.294. The van der Waals surface area contributed by atoms with Crippen LogP contribution in [0.4, 0.5) is 22.7 Å². The van der Waals surface area contributed by atoms with Crippen LogP contribution in [0.5, 0.6) is 5.75 Å². The number of anilines is 3. The van der Waals surface area contributed by atoms with Crippen LogP contribution in [0.2, 0.25) is 0 Å². The summed E-state index contributed by atoms with van der Waals surface area (Å²) in [5, 5.41) is 34.1. The van der Waals surface area contributed by atoms with E-state index < -0.39 is 4.92 Å². The van der Waals surface area contributed by atoms with E-state index in [4.69, 9.17) is 14.5 Å². The van der Waals surface area contributed by atoms with Gasteiger partial charge in [0.2, 0.25) is 5.52 Å². The van der Waals surface area contributed by atoms with Gasteiger partial charge in [0.25, 0.3) is 0 Å². The van der Waals surface area contributed by atoms with E-state index in [-0.39, 0.29) is 29.0 Å². The summed E-state index contributed by atoms with van der Waals surface area (Å²) in [6, 6.07) is 8.86. The number of aliphatic hydroxyl groups is 1.